The van der Waals surface area contributed by atoms with Gasteiger partial charge in [-0.15, -0.1) is 0 Å². The maximum Gasteiger partial charge on any atom is 0.262 e. The summed E-state index contributed by atoms with van der Waals surface area (Å²) in [6, 6.07) is 7.74. The molecule has 0 aliphatic heterocycles. The topological polar surface area (TPSA) is 84.9 Å². The molecule has 0 fully saturated rings. The van der Waals surface area contributed by atoms with Crippen molar-refractivity contribution < 1.29 is 27.1 Å². The molecule has 158 valence electrons. The number of amides is 1. The van der Waals surface area contributed by atoms with Crippen LogP contribution in [0.15, 0.2) is 41.3 Å². The fourth-order valence-electron chi connectivity index (χ4n) is 2.58. The third-order valence-corrected chi connectivity index (χ3v) is 6.38. The number of anilines is 1. The third kappa shape index (κ3) is 5.59. The van der Waals surface area contributed by atoms with Gasteiger partial charge in [0.25, 0.3) is 5.91 Å². The fourth-order valence-corrected chi connectivity index (χ4v) is 4.29. The molecule has 0 aromatic heterocycles. The van der Waals surface area contributed by atoms with Crippen LogP contribution in [0.5, 0.6) is 11.5 Å². The maximum atomic E-state index is 13.1. The van der Waals surface area contributed by atoms with Crippen LogP contribution in [-0.4, -0.2) is 45.4 Å². The van der Waals surface area contributed by atoms with E-state index in [1.807, 2.05) is 0 Å². The number of carbonyl (C=O) groups excluding carboxylic acids is 1. The quantitative estimate of drug-likeness (QED) is 0.639. The summed E-state index contributed by atoms with van der Waals surface area (Å²) < 4.78 is 50.3. The van der Waals surface area contributed by atoms with Gasteiger partial charge >= 0.3 is 0 Å². The van der Waals surface area contributed by atoms with Crippen LogP contribution in [-0.2, 0) is 14.8 Å². The van der Waals surface area contributed by atoms with Crippen molar-refractivity contribution in [2.75, 3.05) is 32.1 Å². The second-order valence-corrected chi connectivity index (χ2v) is 8.21. The Hall–Kier alpha value is -2.36. The molecule has 2 aromatic rings. The van der Waals surface area contributed by atoms with E-state index in [-0.39, 0.29) is 27.1 Å². The first kappa shape index (κ1) is 22.9. The van der Waals surface area contributed by atoms with Crippen LogP contribution in [0, 0.1) is 5.82 Å². The molecule has 7 nitrogen and oxygen atoms in total. The van der Waals surface area contributed by atoms with Crippen LogP contribution >= 0.6 is 11.6 Å². The Balaban J connectivity index is 2.19. The zero-order valence-corrected chi connectivity index (χ0v) is 17.8. The molecular weight excluding hydrogens is 423 g/mol. The van der Waals surface area contributed by atoms with E-state index in [9.17, 15) is 17.6 Å². The van der Waals surface area contributed by atoms with Crippen molar-refractivity contribution in [3.63, 3.8) is 0 Å². The molecule has 0 saturated carbocycles. The summed E-state index contributed by atoms with van der Waals surface area (Å²) in [7, 11) is -2.31. The molecule has 2 aromatic carbocycles. The average molecular weight is 445 g/mol. The summed E-state index contributed by atoms with van der Waals surface area (Å²) in [5.41, 5.74) is 0.180. The maximum absolute atomic E-state index is 13.1. The first-order valence-corrected chi connectivity index (χ1v) is 10.6. The molecule has 1 N–H and O–H groups in total. The van der Waals surface area contributed by atoms with Gasteiger partial charge in [0, 0.05) is 13.1 Å². The van der Waals surface area contributed by atoms with E-state index in [4.69, 9.17) is 21.1 Å². The normalized spacial score (nSPS) is 11.4. The van der Waals surface area contributed by atoms with E-state index in [1.54, 1.807) is 13.8 Å². The van der Waals surface area contributed by atoms with Gasteiger partial charge < -0.3 is 14.8 Å². The highest BCUT2D eigenvalue weighted by atomic mass is 35.5. The minimum absolute atomic E-state index is 0.0276. The van der Waals surface area contributed by atoms with Gasteiger partial charge in [0.1, 0.15) is 17.3 Å². The first-order valence-electron chi connectivity index (χ1n) is 8.78. The molecule has 0 heterocycles. The number of nitrogens with one attached hydrogen (secondary N) is 1. The van der Waals surface area contributed by atoms with Crippen molar-refractivity contribution in [3.8, 4) is 11.5 Å². The Bertz CT molecular complexity index is 981. The van der Waals surface area contributed by atoms with E-state index >= 15 is 0 Å². The smallest absolute Gasteiger partial charge is 0.262 e. The lowest BCUT2D eigenvalue weighted by atomic mass is 10.3. The monoisotopic (exact) mass is 444 g/mol. The molecular formula is C19H22ClFN2O5S. The number of hydrogen-bond acceptors (Lipinski definition) is 5. The number of ether oxygens (including phenoxy) is 2. The van der Waals surface area contributed by atoms with Crippen LogP contribution in [0.1, 0.15) is 13.8 Å². The van der Waals surface area contributed by atoms with Crippen molar-refractivity contribution in [2.45, 2.75) is 18.7 Å². The lowest BCUT2D eigenvalue weighted by Crippen LogP contribution is -2.30. The molecule has 0 saturated heterocycles. The zero-order chi connectivity index (χ0) is 21.6. The standard InChI is InChI=1S/C19H22ClFN2O5S/c1-4-23(5-2)29(25,26)14-7-9-18(27-3)16(11-14)22-19(24)12-28-17-8-6-13(21)10-15(17)20/h6-11H,4-5,12H2,1-3H3,(H,22,24). The number of methoxy groups -OCH3 is 1. The fraction of sp³-hybridized carbons (Fsp3) is 0.316. The molecule has 0 aliphatic rings. The first-order chi connectivity index (χ1) is 13.7. The SMILES string of the molecule is CCN(CC)S(=O)(=O)c1ccc(OC)c(NC(=O)COc2ccc(F)cc2Cl)c1. The summed E-state index contributed by atoms with van der Waals surface area (Å²) >= 11 is 5.86. The molecule has 2 rings (SSSR count). The van der Waals surface area contributed by atoms with Gasteiger partial charge in [-0.05, 0) is 36.4 Å². The number of halogens is 2. The number of sulfonamides is 1. The van der Waals surface area contributed by atoms with Gasteiger partial charge in [0.15, 0.2) is 6.61 Å². The van der Waals surface area contributed by atoms with Crippen LogP contribution in [0.3, 0.4) is 0 Å². The number of hydrogen-bond donors (Lipinski definition) is 1. The van der Waals surface area contributed by atoms with Crippen molar-refractivity contribution >= 4 is 33.2 Å². The predicted octanol–water partition coefficient (Wildman–Crippen LogP) is 3.54. The number of nitrogens with zero attached hydrogens (tertiary/aromatic N) is 1. The van der Waals surface area contributed by atoms with E-state index in [2.05, 4.69) is 5.32 Å². The summed E-state index contributed by atoms with van der Waals surface area (Å²) in [5.74, 6) is -0.659. The molecule has 10 heteroatoms. The molecule has 0 spiro atoms. The largest absolute Gasteiger partial charge is 0.495 e. The number of rotatable bonds is 9. The van der Waals surface area contributed by atoms with E-state index < -0.39 is 28.4 Å². The Morgan fingerprint density at radius 3 is 2.38 bits per heavy atom. The van der Waals surface area contributed by atoms with Crippen LogP contribution in [0.4, 0.5) is 10.1 Å². The minimum atomic E-state index is -3.71. The van der Waals surface area contributed by atoms with Crippen molar-refractivity contribution in [3.05, 3.63) is 47.2 Å². The molecule has 0 unspecified atom stereocenters. The molecule has 29 heavy (non-hydrogen) atoms. The molecule has 0 atom stereocenters. The highest BCUT2D eigenvalue weighted by Gasteiger charge is 2.23. The van der Waals surface area contributed by atoms with Gasteiger partial charge in [0.2, 0.25) is 10.0 Å². The number of benzene rings is 2. The van der Waals surface area contributed by atoms with Gasteiger partial charge in [-0.2, -0.15) is 4.31 Å². The molecule has 0 aliphatic carbocycles. The average Bonchev–Trinajstić information content (AvgIpc) is 2.68. The third-order valence-electron chi connectivity index (χ3n) is 4.04. The highest BCUT2D eigenvalue weighted by molar-refractivity contribution is 7.89. The van der Waals surface area contributed by atoms with Gasteiger partial charge in [-0.1, -0.05) is 25.4 Å². The summed E-state index contributed by atoms with van der Waals surface area (Å²) in [5, 5.41) is 2.59. The van der Waals surface area contributed by atoms with Crippen molar-refractivity contribution in [1.29, 1.82) is 0 Å². The van der Waals surface area contributed by atoms with Gasteiger partial charge in [-0.3, -0.25) is 4.79 Å². The van der Waals surface area contributed by atoms with Gasteiger partial charge in [-0.25, -0.2) is 12.8 Å². The lowest BCUT2D eigenvalue weighted by Gasteiger charge is -2.19. The van der Waals surface area contributed by atoms with Crippen LogP contribution in [0.25, 0.3) is 0 Å². The Morgan fingerprint density at radius 2 is 1.79 bits per heavy atom. The Kier molecular flexibility index (Phi) is 7.83. The Morgan fingerprint density at radius 1 is 1.14 bits per heavy atom. The second-order valence-electron chi connectivity index (χ2n) is 5.86. The van der Waals surface area contributed by atoms with Crippen LogP contribution < -0.4 is 14.8 Å². The van der Waals surface area contributed by atoms with Gasteiger partial charge in [0.05, 0.1) is 22.7 Å². The van der Waals surface area contributed by atoms with Crippen molar-refractivity contribution in [1.82, 2.24) is 4.31 Å². The minimum Gasteiger partial charge on any atom is -0.495 e. The van der Waals surface area contributed by atoms with E-state index in [0.29, 0.717) is 13.1 Å². The summed E-state index contributed by atoms with van der Waals surface area (Å²) in [6.45, 7) is 3.70. The summed E-state index contributed by atoms with van der Waals surface area (Å²) in [4.78, 5) is 12.3. The van der Waals surface area contributed by atoms with Crippen LogP contribution in [0.2, 0.25) is 5.02 Å². The van der Waals surface area contributed by atoms with E-state index in [1.165, 1.54) is 35.7 Å². The zero-order valence-electron chi connectivity index (χ0n) is 16.2. The molecule has 0 bridgehead atoms. The molecule has 0 radical (unpaired) electrons. The van der Waals surface area contributed by atoms with E-state index in [0.717, 1.165) is 12.1 Å². The highest BCUT2D eigenvalue weighted by Crippen LogP contribution is 2.29. The summed E-state index contributed by atoms with van der Waals surface area (Å²) in [6.07, 6.45) is 0. The van der Waals surface area contributed by atoms with Crippen molar-refractivity contribution in [2.24, 2.45) is 0 Å². The lowest BCUT2D eigenvalue weighted by molar-refractivity contribution is -0.118. The number of carbonyl (C=O) groups is 1. The predicted molar refractivity (Wildman–Crippen MR) is 109 cm³/mol. The molecule has 1 amide bonds. The Labute approximate surface area is 174 Å². The second kappa shape index (κ2) is 9.91.